The number of nitrogens with one attached hydrogen (secondary N) is 1. The van der Waals surface area contributed by atoms with Gasteiger partial charge in [0.05, 0.1) is 0 Å². The molecule has 1 N–H and O–H groups in total. The van der Waals surface area contributed by atoms with E-state index in [0.717, 1.165) is 18.2 Å². The predicted molar refractivity (Wildman–Crippen MR) is 48.5 cm³/mol. The molecule has 64 valence electrons. The van der Waals surface area contributed by atoms with Gasteiger partial charge in [0.15, 0.2) is 0 Å². The third kappa shape index (κ3) is 3.81. The molecule has 0 amide bonds. The lowest BCUT2D eigenvalue weighted by Crippen LogP contribution is -1.93. The van der Waals surface area contributed by atoms with Crippen molar-refractivity contribution in [3.8, 4) is 0 Å². The molecule has 0 aliphatic heterocycles. The predicted octanol–water partition coefficient (Wildman–Crippen LogP) is 2.63. The Morgan fingerprint density at radius 1 is 1.55 bits per heavy atom. The van der Waals surface area contributed by atoms with Crippen LogP contribution in [0.2, 0.25) is 0 Å². The summed E-state index contributed by atoms with van der Waals surface area (Å²) in [6, 6.07) is 0. The lowest BCUT2D eigenvalue weighted by molar-refractivity contribution is 0.577. The van der Waals surface area contributed by atoms with Gasteiger partial charge in [-0.15, -0.1) is 0 Å². The summed E-state index contributed by atoms with van der Waals surface area (Å²) in [5, 5.41) is 0. The quantitative estimate of drug-likeness (QED) is 0.712. The van der Waals surface area contributed by atoms with E-state index in [2.05, 4.69) is 23.8 Å². The van der Waals surface area contributed by atoms with Crippen LogP contribution in [-0.4, -0.2) is 9.97 Å². The van der Waals surface area contributed by atoms with Crippen LogP contribution in [-0.2, 0) is 6.42 Å². The molecule has 1 aromatic heterocycles. The van der Waals surface area contributed by atoms with Gasteiger partial charge >= 0.3 is 0 Å². The molecule has 0 atom stereocenters. The van der Waals surface area contributed by atoms with Gasteiger partial charge in [0.2, 0.25) is 0 Å². The zero-order valence-corrected chi connectivity index (χ0v) is 6.59. The molecule has 1 rings (SSSR count). The molecule has 0 aliphatic carbocycles. The van der Waals surface area contributed by atoms with E-state index in [-0.39, 0.29) is 7.43 Å². The second kappa shape index (κ2) is 4.94. The molecule has 0 aromatic carbocycles. The fourth-order valence-electron chi connectivity index (χ4n) is 0.860. The second-order valence-electron chi connectivity index (χ2n) is 2.97. The van der Waals surface area contributed by atoms with Crippen molar-refractivity contribution in [1.29, 1.82) is 0 Å². The number of H-pyrrole nitrogens is 1. The van der Waals surface area contributed by atoms with E-state index in [4.69, 9.17) is 0 Å². The van der Waals surface area contributed by atoms with Gasteiger partial charge in [-0.05, 0) is 12.3 Å². The van der Waals surface area contributed by atoms with Crippen molar-refractivity contribution in [3.05, 3.63) is 18.2 Å². The average molecular weight is 154 g/mol. The van der Waals surface area contributed by atoms with Crippen LogP contribution in [0.5, 0.6) is 0 Å². The van der Waals surface area contributed by atoms with E-state index in [9.17, 15) is 0 Å². The highest BCUT2D eigenvalue weighted by atomic mass is 14.9. The molecule has 2 nitrogen and oxygen atoms in total. The summed E-state index contributed by atoms with van der Waals surface area (Å²) in [5.41, 5.74) is 0. The molecule has 0 saturated heterocycles. The van der Waals surface area contributed by atoms with Crippen LogP contribution in [0.1, 0.15) is 33.5 Å². The van der Waals surface area contributed by atoms with Crippen molar-refractivity contribution < 1.29 is 0 Å². The number of hydrogen-bond donors (Lipinski definition) is 1. The minimum atomic E-state index is 0. The Morgan fingerprint density at radius 2 is 2.27 bits per heavy atom. The maximum absolute atomic E-state index is 4.13. The SMILES string of the molecule is C.CC(C)CCc1ncc[nH]1. The van der Waals surface area contributed by atoms with Crippen molar-refractivity contribution in [2.45, 2.75) is 34.1 Å². The van der Waals surface area contributed by atoms with Crippen LogP contribution in [0.3, 0.4) is 0 Å². The average Bonchev–Trinajstić information content (AvgIpc) is 2.34. The van der Waals surface area contributed by atoms with Crippen LogP contribution < -0.4 is 0 Å². The Bertz CT molecular complexity index is 166. The number of nitrogens with zero attached hydrogens (tertiary/aromatic N) is 1. The molecule has 0 radical (unpaired) electrons. The van der Waals surface area contributed by atoms with Gasteiger partial charge in [0.25, 0.3) is 0 Å². The molecule has 0 aliphatic rings. The first-order chi connectivity index (χ1) is 4.79. The molecule has 11 heavy (non-hydrogen) atoms. The van der Waals surface area contributed by atoms with Gasteiger partial charge in [0, 0.05) is 18.8 Å². The van der Waals surface area contributed by atoms with Crippen LogP contribution in [0, 0.1) is 5.92 Å². The topological polar surface area (TPSA) is 28.7 Å². The zero-order valence-electron chi connectivity index (χ0n) is 6.59. The Labute approximate surface area is 69.1 Å². The summed E-state index contributed by atoms with van der Waals surface area (Å²) < 4.78 is 0. The summed E-state index contributed by atoms with van der Waals surface area (Å²) in [6.07, 6.45) is 5.96. The highest BCUT2D eigenvalue weighted by Gasteiger charge is 1.96. The number of imidazole rings is 1. The Morgan fingerprint density at radius 3 is 2.73 bits per heavy atom. The summed E-state index contributed by atoms with van der Waals surface area (Å²) >= 11 is 0. The summed E-state index contributed by atoms with van der Waals surface area (Å²) in [7, 11) is 0. The standard InChI is InChI=1S/C8H14N2.CH4/c1-7(2)3-4-8-9-5-6-10-8;/h5-7H,3-4H2,1-2H3,(H,9,10);1H4. The first kappa shape index (κ1) is 10.2. The van der Waals surface area contributed by atoms with E-state index in [1.807, 2.05) is 6.20 Å². The van der Waals surface area contributed by atoms with Gasteiger partial charge in [-0.2, -0.15) is 0 Å². The zero-order chi connectivity index (χ0) is 7.40. The number of aryl methyl sites for hydroxylation is 1. The normalized spacial score (nSPS) is 9.73. The third-order valence-electron chi connectivity index (χ3n) is 1.51. The van der Waals surface area contributed by atoms with Crippen LogP contribution in [0.4, 0.5) is 0 Å². The number of rotatable bonds is 3. The fraction of sp³-hybridized carbons (Fsp3) is 0.667. The van der Waals surface area contributed by atoms with E-state index in [1.54, 1.807) is 6.20 Å². The Hall–Kier alpha value is -0.790. The van der Waals surface area contributed by atoms with Crippen LogP contribution in [0.15, 0.2) is 12.4 Å². The minimum absolute atomic E-state index is 0. The van der Waals surface area contributed by atoms with E-state index >= 15 is 0 Å². The molecule has 0 fully saturated rings. The van der Waals surface area contributed by atoms with E-state index < -0.39 is 0 Å². The minimum Gasteiger partial charge on any atom is -0.349 e. The number of hydrogen-bond acceptors (Lipinski definition) is 1. The monoisotopic (exact) mass is 154 g/mol. The summed E-state index contributed by atoms with van der Waals surface area (Å²) in [5.74, 6) is 1.87. The first-order valence-electron chi connectivity index (χ1n) is 3.77. The van der Waals surface area contributed by atoms with Crippen molar-refractivity contribution in [2.24, 2.45) is 5.92 Å². The van der Waals surface area contributed by atoms with Crippen LogP contribution >= 0.6 is 0 Å². The van der Waals surface area contributed by atoms with Gasteiger partial charge in [0.1, 0.15) is 5.82 Å². The molecule has 0 unspecified atom stereocenters. The molecule has 0 saturated carbocycles. The fourth-order valence-corrected chi connectivity index (χ4v) is 0.860. The summed E-state index contributed by atoms with van der Waals surface area (Å²) in [6.45, 7) is 4.45. The molecular formula is C9H18N2. The smallest absolute Gasteiger partial charge is 0.106 e. The lowest BCUT2D eigenvalue weighted by Gasteiger charge is -2.00. The maximum Gasteiger partial charge on any atom is 0.106 e. The van der Waals surface area contributed by atoms with Gasteiger partial charge in [-0.1, -0.05) is 21.3 Å². The molecule has 2 heteroatoms. The molecule has 1 heterocycles. The van der Waals surface area contributed by atoms with E-state index in [0.29, 0.717) is 0 Å². The lowest BCUT2D eigenvalue weighted by atomic mass is 10.1. The maximum atomic E-state index is 4.13. The van der Waals surface area contributed by atoms with Crippen LogP contribution in [0.25, 0.3) is 0 Å². The van der Waals surface area contributed by atoms with Crippen molar-refractivity contribution in [2.75, 3.05) is 0 Å². The second-order valence-corrected chi connectivity index (χ2v) is 2.97. The van der Waals surface area contributed by atoms with Gasteiger partial charge in [-0.3, -0.25) is 0 Å². The van der Waals surface area contributed by atoms with Crippen molar-refractivity contribution >= 4 is 0 Å². The third-order valence-corrected chi connectivity index (χ3v) is 1.51. The van der Waals surface area contributed by atoms with Gasteiger partial charge < -0.3 is 4.98 Å². The van der Waals surface area contributed by atoms with Gasteiger partial charge in [-0.25, -0.2) is 4.98 Å². The first-order valence-corrected chi connectivity index (χ1v) is 3.77. The van der Waals surface area contributed by atoms with Crippen molar-refractivity contribution in [1.82, 2.24) is 9.97 Å². The Balaban J connectivity index is 0.000001000. The number of aromatic amines is 1. The molecular weight excluding hydrogens is 136 g/mol. The number of aromatic nitrogens is 2. The molecule has 1 aromatic rings. The Kier molecular flexibility index (Phi) is 4.59. The highest BCUT2D eigenvalue weighted by molar-refractivity contribution is 4.86. The molecule has 0 bridgehead atoms. The van der Waals surface area contributed by atoms with Crippen molar-refractivity contribution in [3.63, 3.8) is 0 Å². The summed E-state index contributed by atoms with van der Waals surface area (Å²) in [4.78, 5) is 7.21. The van der Waals surface area contributed by atoms with E-state index in [1.165, 1.54) is 6.42 Å². The highest BCUT2D eigenvalue weighted by Crippen LogP contribution is 2.03. The molecule has 0 spiro atoms. The largest absolute Gasteiger partial charge is 0.349 e.